The number of anilines is 1. The van der Waals surface area contributed by atoms with E-state index in [-0.39, 0.29) is 19.1 Å². The van der Waals surface area contributed by atoms with E-state index in [9.17, 15) is 17.2 Å². The van der Waals surface area contributed by atoms with Crippen molar-refractivity contribution in [3.63, 3.8) is 0 Å². The van der Waals surface area contributed by atoms with Gasteiger partial charge in [-0.1, -0.05) is 13.3 Å². The molecule has 1 atom stereocenters. The Morgan fingerprint density at radius 3 is 2.55 bits per heavy atom. The lowest BCUT2D eigenvalue weighted by Gasteiger charge is -2.15. The van der Waals surface area contributed by atoms with Gasteiger partial charge in [-0.3, -0.25) is 0 Å². The summed E-state index contributed by atoms with van der Waals surface area (Å²) < 4.78 is 52.7. The number of nitrogens with one attached hydrogen (secondary N) is 1. The van der Waals surface area contributed by atoms with Gasteiger partial charge in [-0.25, -0.2) is 21.9 Å². The number of nitrogens with two attached hydrogens (primary N) is 1. The summed E-state index contributed by atoms with van der Waals surface area (Å²) in [6.45, 7) is 1.86. The second kappa shape index (κ2) is 6.96. The van der Waals surface area contributed by atoms with Crippen molar-refractivity contribution in [3.8, 4) is 0 Å². The number of aliphatic hydroxyl groups excluding tert-OH is 1. The molecule has 1 aromatic carbocycles. The summed E-state index contributed by atoms with van der Waals surface area (Å²) in [5.74, 6) is -2.26. The predicted molar refractivity (Wildman–Crippen MR) is 71.4 cm³/mol. The monoisotopic (exact) mass is 308 g/mol. The van der Waals surface area contributed by atoms with E-state index in [4.69, 9.17) is 10.8 Å². The van der Waals surface area contributed by atoms with Gasteiger partial charge in [0.15, 0.2) is 0 Å². The molecule has 0 saturated carbocycles. The van der Waals surface area contributed by atoms with Gasteiger partial charge in [0.25, 0.3) is 0 Å². The van der Waals surface area contributed by atoms with E-state index in [0.29, 0.717) is 18.9 Å². The van der Waals surface area contributed by atoms with E-state index < -0.39 is 32.2 Å². The fourth-order valence-electron chi connectivity index (χ4n) is 1.69. The Hall–Kier alpha value is -1.25. The van der Waals surface area contributed by atoms with Gasteiger partial charge in [0.1, 0.15) is 16.5 Å². The molecule has 1 unspecified atom stereocenters. The van der Waals surface area contributed by atoms with E-state index >= 15 is 0 Å². The highest BCUT2D eigenvalue weighted by molar-refractivity contribution is 7.89. The van der Waals surface area contributed by atoms with Gasteiger partial charge in [0.2, 0.25) is 10.0 Å². The molecule has 0 saturated heterocycles. The first-order valence-electron chi connectivity index (χ1n) is 6.16. The SMILES string of the molecule is CCC(CCO)CNS(=O)(=O)c1cc(N)c(F)cc1F. The number of halogens is 2. The zero-order valence-corrected chi connectivity index (χ0v) is 11.9. The van der Waals surface area contributed by atoms with Crippen LogP contribution in [-0.4, -0.2) is 26.7 Å². The summed E-state index contributed by atoms with van der Waals surface area (Å²) in [6.07, 6.45) is 1.10. The van der Waals surface area contributed by atoms with Crippen LogP contribution < -0.4 is 10.5 Å². The molecule has 0 aromatic heterocycles. The fraction of sp³-hybridized carbons (Fsp3) is 0.500. The van der Waals surface area contributed by atoms with Crippen molar-refractivity contribution in [1.82, 2.24) is 4.72 Å². The van der Waals surface area contributed by atoms with E-state index in [2.05, 4.69) is 4.72 Å². The zero-order chi connectivity index (χ0) is 15.3. The number of nitrogen functional groups attached to an aromatic ring is 1. The van der Waals surface area contributed by atoms with Crippen molar-refractivity contribution in [2.75, 3.05) is 18.9 Å². The number of hydrogen-bond donors (Lipinski definition) is 3. The molecule has 114 valence electrons. The largest absolute Gasteiger partial charge is 0.396 e. The Morgan fingerprint density at radius 1 is 1.35 bits per heavy atom. The molecule has 0 amide bonds. The van der Waals surface area contributed by atoms with Crippen molar-refractivity contribution >= 4 is 15.7 Å². The third kappa shape index (κ3) is 4.12. The third-order valence-electron chi connectivity index (χ3n) is 3.02. The molecular formula is C12H18F2N2O3S. The van der Waals surface area contributed by atoms with Crippen LogP contribution in [0.5, 0.6) is 0 Å². The van der Waals surface area contributed by atoms with Crippen LogP contribution in [0.1, 0.15) is 19.8 Å². The quantitative estimate of drug-likeness (QED) is 0.661. The minimum absolute atomic E-state index is 0.0574. The standard InChI is InChI=1S/C12H18F2N2O3S/c1-2-8(3-4-17)7-16-20(18,19)12-6-11(15)9(13)5-10(12)14/h5-6,8,16-17H,2-4,7,15H2,1H3. The van der Waals surface area contributed by atoms with E-state index in [0.717, 1.165) is 6.07 Å². The van der Waals surface area contributed by atoms with Gasteiger partial charge in [-0.15, -0.1) is 0 Å². The van der Waals surface area contributed by atoms with Gasteiger partial charge in [-0.2, -0.15) is 0 Å². The minimum atomic E-state index is -4.11. The summed E-state index contributed by atoms with van der Waals surface area (Å²) >= 11 is 0. The molecule has 1 aromatic rings. The van der Waals surface area contributed by atoms with Crippen LogP contribution in [0.2, 0.25) is 0 Å². The van der Waals surface area contributed by atoms with Crippen molar-refractivity contribution in [1.29, 1.82) is 0 Å². The van der Waals surface area contributed by atoms with Crippen LogP contribution >= 0.6 is 0 Å². The first-order valence-corrected chi connectivity index (χ1v) is 7.65. The second-order valence-electron chi connectivity index (χ2n) is 4.44. The van der Waals surface area contributed by atoms with Crippen molar-refractivity contribution in [2.45, 2.75) is 24.7 Å². The molecule has 0 aliphatic heterocycles. The lowest BCUT2D eigenvalue weighted by atomic mass is 10.0. The predicted octanol–water partition coefficient (Wildman–Crippen LogP) is 1.23. The lowest BCUT2D eigenvalue weighted by molar-refractivity contribution is 0.254. The molecule has 5 nitrogen and oxygen atoms in total. The topological polar surface area (TPSA) is 92.4 Å². The Morgan fingerprint density at radius 2 is 2.00 bits per heavy atom. The molecule has 0 fully saturated rings. The van der Waals surface area contributed by atoms with Gasteiger partial charge in [0.05, 0.1) is 5.69 Å². The van der Waals surface area contributed by atoms with Crippen LogP contribution in [0.25, 0.3) is 0 Å². The van der Waals surface area contributed by atoms with Crippen LogP contribution in [0.15, 0.2) is 17.0 Å². The van der Waals surface area contributed by atoms with E-state index in [1.807, 2.05) is 6.92 Å². The summed E-state index contributed by atoms with van der Waals surface area (Å²) in [6, 6.07) is 1.19. The zero-order valence-electron chi connectivity index (χ0n) is 11.1. The molecule has 20 heavy (non-hydrogen) atoms. The van der Waals surface area contributed by atoms with Gasteiger partial charge in [-0.05, 0) is 18.4 Å². The summed E-state index contributed by atoms with van der Waals surface area (Å²) in [4.78, 5) is -0.685. The van der Waals surface area contributed by atoms with E-state index in [1.165, 1.54) is 0 Å². The average molecular weight is 308 g/mol. The van der Waals surface area contributed by atoms with Crippen LogP contribution in [-0.2, 0) is 10.0 Å². The van der Waals surface area contributed by atoms with E-state index in [1.54, 1.807) is 0 Å². The Bertz CT molecular complexity index is 564. The molecule has 0 spiro atoms. The second-order valence-corrected chi connectivity index (χ2v) is 6.18. The van der Waals surface area contributed by atoms with Crippen LogP contribution in [0.4, 0.5) is 14.5 Å². The number of rotatable bonds is 7. The molecule has 1 rings (SSSR count). The Balaban J connectivity index is 2.92. The maximum Gasteiger partial charge on any atom is 0.243 e. The van der Waals surface area contributed by atoms with Gasteiger partial charge in [0, 0.05) is 19.2 Å². The maximum absolute atomic E-state index is 13.5. The third-order valence-corrected chi connectivity index (χ3v) is 4.46. The molecule has 4 N–H and O–H groups in total. The smallest absolute Gasteiger partial charge is 0.243 e. The molecule has 0 aliphatic carbocycles. The lowest BCUT2D eigenvalue weighted by Crippen LogP contribution is -2.30. The number of sulfonamides is 1. The van der Waals surface area contributed by atoms with Gasteiger partial charge >= 0.3 is 0 Å². The number of hydrogen-bond acceptors (Lipinski definition) is 4. The first kappa shape index (κ1) is 16.8. The molecule has 8 heteroatoms. The van der Waals surface area contributed by atoms with Gasteiger partial charge < -0.3 is 10.8 Å². The molecule has 0 aliphatic rings. The average Bonchev–Trinajstić information content (AvgIpc) is 2.38. The van der Waals surface area contributed by atoms with Crippen molar-refractivity contribution in [3.05, 3.63) is 23.8 Å². The molecule has 0 radical (unpaired) electrons. The minimum Gasteiger partial charge on any atom is -0.396 e. The highest BCUT2D eigenvalue weighted by Gasteiger charge is 2.22. The number of benzene rings is 1. The van der Waals surface area contributed by atoms with Crippen molar-refractivity contribution in [2.24, 2.45) is 5.92 Å². The van der Waals surface area contributed by atoms with Crippen LogP contribution in [0.3, 0.4) is 0 Å². The summed E-state index contributed by atoms with van der Waals surface area (Å²) in [5.41, 5.74) is 4.81. The maximum atomic E-state index is 13.5. The number of aliphatic hydroxyl groups is 1. The molecule has 0 heterocycles. The summed E-state index contributed by atoms with van der Waals surface area (Å²) in [7, 11) is -4.11. The molecule has 0 bridgehead atoms. The summed E-state index contributed by atoms with van der Waals surface area (Å²) in [5, 5.41) is 8.83. The first-order chi connectivity index (χ1) is 9.31. The van der Waals surface area contributed by atoms with Crippen LogP contribution in [0, 0.1) is 17.6 Å². The Labute approximate surface area is 116 Å². The highest BCUT2D eigenvalue weighted by atomic mass is 32.2. The normalized spacial score (nSPS) is 13.4. The van der Waals surface area contributed by atoms with Crippen molar-refractivity contribution < 1.29 is 22.3 Å². The molecular weight excluding hydrogens is 290 g/mol. The highest BCUT2D eigenvalue weighted by Crippen LogP contribution is 2.21. The fourth-order valence-corrected chi connectivity index (χ4v) is 2.90. The Kier molecular flexibility index (Phi) is 5.85.